The molecule has 76 valence electrons. The van der Waals surface area contributed by atoms with Gasteiger partial charge >= 0.3 is 0 Å². The summed E-state index contributed by atoms with van der Waals surface area (Å²) in [7, 11) is 0. The van der Waals surface area contributed by atoms with E-state index in [9.17, 15) is 0 Å². The van der Waals surface area contributed by atoms with Crippen LogP contribution in [0.25, 0.3) is 0 Å². The molecule has 0 spiro atoms. The van der Waals surface area contributed by atoms with Crippen LogP contribution in [-0.2, 0) is 0 Å². The molecule has 0 fully saturated rings. The molecule has 1 unspecified atom stereocenters. The van der Waals surface area contributed by atoms with Gasteiger partial charge in [0.05, 0.1) is 0 Å². The summed E-state index contributed by atoms with van der Waals surface area (Å²) >= 11 is 0. The summed E-state index contributed by atoms with van der Waals surface area (Å²) in [4.78, 5) is 0. The average molecular weight is 178 g/mol. The summed E-state index contributed by atoms with van der Waals surface area (Å²) < 4.78 is 0. The highest BCUT2D eigenvalue weighted by Crippen LogP contribution is 1.99. The molecule has 0 heterocycles. The molecule has 0 aromatic rings. The van der Waals surface area contributed by atoms with Gasteiger partial charge in [0.2, 0.25) is 0 Å². The Balaban J connectivity index is 0. The Hall–Kier alpha value is -0.160. The zero-order chi connectivity index (χ0) is 8.53. The van der Waals surface area contributed by atoms with E-state index < -0.39 is 6.23 Å². The van der Waals surface area contributed by atoms with Crippen molar-refractivity contribution in [3.8, 4) is 0 Å². The molecular formula is C8H22N2O2. The van der Waals surface area contributed by atoms with Crippen molar-refractivity contribution in [2.45, 2.75) is 38.8 Å². The minimum absolute atomic E-state index is 0. The zero-order valence-corrected chi connectivity index (χ0v) is 7.84. The van der Waals surface area contributed by atoms with Gasteiger partial charge in [0.15, 0.2) is 0 Å². The lowest BCUT2D eigenvalue weighted by Gasteiger charge is -2.03. The maximum Gasteiger partial charge on any atom is 0.102 e. The van der Waals surface area contributed by atoms with E-state index in [4.69, 9.17) is 10.8 Å². The van der Waals surface area contributed by atoms with Gasteiger partial charge in [-0.15, -0.1) is 0 Å². The Morgan fingerprint density at radius 1 is 1.33 bits per heavy atom. The van der Waals surface area contributed by atoms with Gasteiger partial charge in [0.25, 0.3) is 0 Å². The summed E-state index contributed by atoms with van der Waals surface area (Å²) in [5, 5.41) is 12.0. The molecule has 0 aromatic carbocycles. The van der Waals surface area contributed by atoms with Crippen LogP contribution in [0.3, 0.4) is 0 Å². The fourth-order valence-corrected chi connectivity index (χ4v) is 0.957. The standard InChI is InChI=1S/C8H20N2O.H2O/c1-2-10-7-5-3-4-6-8(9)11;/h8,10-11H,2-7,9H2,1H3;1H2. The summed E-state index contributed by atoms with van der Waals surface area (Å²) in [6.07, 6.45) is 3.48. The maximum atomic E-state index is 8.72. The van der Waals surface area contributed by atoms with E-state index in [-0.39, 0.29) is 5.48 Å². The Labute approximate surface area is 74.5 Å². The normalized spacial score (nSPS) is 12.2. The third kappa shape index (κ3) is 12.5. The third-order valence-corrected chi connectivity index (χ3v) is 1.60. The van der Waals surface area contributed by atoms with Gasteiger partial charge in [-0.25, -0.2) is 0 Å². The van der Waals surface area contributed by atoms with Crippen molar-refractivity contribution in [1.82, 2.24) is 5.32 Å². The fraction of sp³-hybridized carbons (Fsp3) is 1.00. The Morgan fingerprint density at radius 3 is 2.50 bits per heavy atom. The molecule has 0 saturated heterocycles. The van der Waals surface area contributed by atoms with Crippen molar-refractivity contribution in [3.63, 3.8) is 0 Å². The van der Waals surface area contributed by atoms with Gasteiger partial charge in [-0.2, -0.15) is 0 Å². The Morgan fingerprint density at radius 2 is 2.00 bits per heavy atom. The Bertz CT molecular complexity index is 79.5. The number of nitrogens with two attached hydrogens (primary N) is 1. The number of hydrogen-bond acceptors (Lipinski definition) is 3. The number of nitrogens with one attached hydrogen (secondary N) is 1. The molecule has 6 N–H and O–H groups in total. The number of hydrogen-bond donors (Lipinski definition) is 3. The average Bonchev–Trinajstić information content (AvgIpc) is 1.96. The van der Waals surface area contributed by atoms with Gasteiger partial charge < -0.3 is 21.6 Å². The first-order chi connectivity index (χ1) is 5.27. The topological polar surface area (TPSA) is 89.8 Å². The third-order valence-electron chi connectivity index (χ3n) is 1.60. The summed E-state index contributed by atoms with van der Waals surface area (Å²) in [5.41, 5.74) is 5.17. The summed E-state index contributed by atoms with van der Waals surface area (Å²) in [6.45, 7) is 4.22. The molecule has 0 saturated carbocycles. The van der Waals surface area contributed by atoms with E-state index in [1.54, 1.807) is 0 Å². The fourth-order valence-electron chi connectivity index (χ4n) is 0.957. The highest BCUT2D eigenvalue weighted by molar-refractivity contribution is 4.49. The van der Waals surface area contributed by atoms with Crippen molar-refractivity contribution >= 4 is 0 Å². The van der Waals surface area contributed by atoms with Crippen LogP contribution in [0.5, 0.6) is 0 Å². The molecule has 12 heavy (non-hydrogen) atoms. The van der Waals surface area contributed by atoms with Crippen LogP contribution in [0.15, 0.2) is 0 Å². The molecule has 4 heteroatoms. The lowest BCUT2D eigenvalue weighted by Crippen LogP contribution is -2.18. The maximum absolute atomic E-state index is 8.72. The van der Waals surface area contributed by atoms with E-state index in [1.807, 2.05) is 0 Å². The number of rotatable bonds is 7. The van der Waals surface area contributed by atoms with Crippen LogP contribution in [0.2, 0.25) is 0 Å². The van der Waals surface area contributed by atoms with Crippen LogP contribution in [0, 0.1) is 0 Å². The first-order valence-electron chi connectivity index (χ1n) is 4.41. The van der Waals surface area contributed by atoms with Gasteiger partial charge in [-0.1, -0.05) is 13.3 Å². The molecule has 0 aliphatic carbocycles. The van der Waals surface area contributed by atoms with E-state index in [2.05, 4.69) is 12.2 Å². The molecule has 4 nitrogen and oxygen atoms in total. The van der Waals surface area contributed by atoms with Crippen LogP contribution in [0.1, 0.15) is 32.6 Å². The van der Waals surface area contributed by atoms with E-state index in [0.29, 0.717) is 0 Å². The molecule has 0 aliphatic rings. The SMILES string of the molecule is CCNCCCCCC(N)O.O. The molecule has 0 radical (unpaired) electrons. The monoisotopic (exact) mass is 178 g/mol. The van der Waals surface area contributed by atoms with E-state index in [0.717, 1.165) is 32.4 Å². The summed E-state index contributed by atoms with van der Waals surface area (Å²) in [5.74, 6) is 0. The highest BCUT2D eigenvalue weighted by atomic mass is 16.3. The minimum atomic E-state index is -0.617. The van der Waals surface area contributed by atoms with Crippen molar-refractivity contribution < 1.29 is 10.6 Å². The van der Waals surface area contributed by atoms with Crippen LogP contribution in [0.4, 0.5) is 0 Å². The van der Waals surface area contributed by atoms with Crippen LogP contribution < -0.4 is 11.1 Å². The number of aliphatic hydroxyl groups excluding tert-OH is 1. The van der Waals surface area contributed by atoms with Crippen molar-refractivity contribution in [1.29, 1.82) is 0 Å². The first-order valence-corrected chi connectivity index (χ1v) is 4.41. The van der Waals surface area contributed by atoms with E-state index in [1.165, 1.54) is 6.42 Å². The Kier molecular flexibility index (Phi) is 13.0. The number of unbranched alkanes of at least 4 members (excludes halogenated alkanes) is 2. The first kappa shape index (κ1) is 14.4. The second-order valence-corrected chi connectivity index (χ2v) is 2.77. The summed E-state index contributed by atoms with van der Waals surface area (Å²) in [6, 6.07) is 0. The molecule has 0 aliphatic heterocycles. The van der Waals surface area contributed by atoms with Gasteiger partial charge in [0, 0.05) is 0 Å². The van der Waals surface area contributed by atoms with Gasteiger partial charge in [-0.05, 0) is 32.4 Å². The largest absolute Gasteiger partial charge is 0.412 e. The number of aliphatic hydroxyl groups is 1. The second-order valence-electron chi connectivity index (χ2n) is 2.77. The molecular weight excluding hydrogens is 156 g/mol. The van der Waals surface area contributed by atoms with Gasteiger partial charge in [-0.3, -0.25) is 0 Å². The minimum Gasteiger partial charge on any atom is -0.412 e. The predicted octanol–water partition coefficient (Wildman–Crippen LogP) is -0.391. The van der Waals surface area contributed by atoms with Crippen LogP contribution >= 0.6 is 0 Å². The quantitative estimate of drug-likeness (QED) is 0.366. The zero-order valence-electron chi connectivity index (χ0n) is 7.84. The smallest absolute Gasteiger partial charge is 0.102 e. The second kappa shape index (κ2) is 10.8. The van der Waals surface area contributed by atoms with Crippen LogP contribution in [-0.4, -0.2) is 29.9 Å². The molecule has 0 aromatic heterocycles. The molecule has 0 amide bonds. The van der Waals surface area contributed by atoms with Crippen molar-refractivity contribution in [2.75, 3.05) is 13.1 Å². The van der Waals surface area contributed by atoms with E-state index >= 15 is 0 Å². The highest BCUT2D eigenvalue weighted by Gasteiger charge is 1.94. The predicted molar refractivity (Wildman–Crippen MR) is 50.8 cm³/mol. The molecule has 1 atom stereocenters. The van der Waals surface area contributed by atoms with Crippen molar-refractivity contribution in [2.24, 2.45) is 5.73 Å². The molecule has 0 bridgehead atoms. The van der Waals surface area contributed by atoms with Crippen molar-refractivity contribution in [3.05, 3.63) is 0 Å². The molecule has 0 rings (SSSR count). The lowest BCUT2D eigenvalue weighted by atomic mass is 10.2. The lowest BCUT2D eigenvalue weighted by molar-refractivity contribution is 0.168. The van der Waals surface area contributed by atoms with Gasteiger partial charge in [0.1, 0.15) is 6.23 Å².